The zero-order valence-corrected chi connectivity index (χ0v) is 46.7. The monoisotopic (exact) mass is 1160 g/mol. The zero-order valence-electron chi connectivity index (χ0n) is 43.4. The minimum atomic E-state index is -1.67. The van der Waals surface area contributed by atoms with Gasteiger partial charge in [0.15, 0.2) is 0 Å². The third kappa shape index (κ3) is 19.2. The lowest BCUT2D eigenvalue weighted by Gasteiger charge is -2.30. The summed E-state index contributed by atoms with van der Waals surface area (Å²) in [5, 5.41) is 42.5. The molecule has 1 saturated heterocycles. The van der Waals surface area contributed by atoms with Gasteiger partial charge in [-0.05, 0) is 103 Å². The van der Waals surface area contributed by atoms with Crippen LogP contribution in [0.25, 0.3) is 10.9 Å². The second-order valence-corrected chi connectivity index (χ2v) is 23.7. The second kappa shape index (κ2) is 31.2. The standard InChI is InChI=1S/C54H68N12O9S4/c1-31-41(25-34-18-20-36(68)21-19-34)62-52(73)44(64-49(70)38(56)24-33-12-4-3-5-13-33)29-76-77-30-45(53(74)63-43(48(57)69)28-78-79-46-17-9-11-23-58-46)65-54(75)47(32(2)67)66-50(71)40(16-8-10-22-55)61-51(72)42(60-31)26-35-27-59-39-15-7-6-14-37(35)39/h3-7,9,11-15,17-21,23,27,32,38,40-45,47,59-60,67-68H,1,8,10,16,22,24-26,28-30,55-56H2,2H3,(H2,57,69)(H,61,72)(H,62,73)(H,63,74)(H,64,70)(H,65,75)(H,66,71)/t32?,38-,40?,41+,42-,43+,44+,45+,47?/m1/s1. The number of aromatic hydroxyl groups is 1. The molecule has 1 aliphatic rings. The van der Waals surface area contributed by atoms with Crippen molar-refractivity contribution >= 4 is 95.4 Å². The number of nitrogens with one attached hydrogen (secondary N) is 8. The molecule has 9 atom stereocenters. The summed E-state index contributed by atoms with van der Waals surface area (Å²) in [6, 6.07) is 18.1. The summed E-state index contributed by atoms with van der Waals surface area (Å²) in [5.74, 6) is -5.77. The minimum Gasteiger partial charge on any atom is -0.508 e. The number of unbranched alkanes of at least 4 members (excludes halogenated alkanes) is 1. The van der Waals surface area contributed by atoms with E-state index in [2.05, 4.69) is 53.8 Å². The van der Waals surface area contributed by atoms with Crippen LogP contribution in [0.15, 0.2) is 127 Å². The Bertz CT molecular complexity index is 2850. The Hall–Kier alpha value is -6.74. The molecule has 0 aliphatic carbocycles. The molecule has 79 heavy (non-hydrogen) atoms. The van der Waals surface area contributed by atoms with Crippen molar-refractivity contribution in [1.29, 1.82) is 0 Å². The van der Waals surface area contributed by atoms with E-state index in [1.807, 2.05) is 54.6 Å². The molecule has 422 valence electrons. The number of aromatic nitrogens is 2. The van der Waals surface area contributed by atoms with Crippen LogP contribution in [-0.2, 0) is 52.8 Å². The van der Waals surface area contributed by atoms with Crippen LogP contribution < -0.4 is 54.4 Å². The second-order valence-electron chi connectivity index (χ2n) is 18.8. The summed E-state index contributed by atoms with van der Waals surface area (Å²) in [6.45, 7) is 5.89. The van der Waals surface area contributed by atoms with Gasteiger partial charge in [0.05, 0.1) is 18.2 Å². The van der Waals surface area contributed by atoms with Gasteiger partial charge in [0.2, 0.25) is 41.4 Å². The number of fused-ring (bicyclic) bond motifs is 1. The zero-order chi connectivity index (χ0) is 56.8. The van der Waals surface area contributed by atoms with Gasteiger partial charge in [-0.2, -0.15) is 0 Å². The number of carbonyl (C=O) groups excluding carboxylic acids is 7. The Morgan fingerprint density at radius 3 is 2.20 bits per heavy atom. The Morgan fingerprint density at radius 1 is 0.797 bits per heavy atom. The molecule has 3 unspecified atom stereocenters. The summed E-state index contributed by atoms with van der Waals surface area (Å²) >= 11 is 0. The van der Waals surface area contributed by atoms with Gasteiger partial charge >= 0.3 is 0 Å². The molecule has 0 spiro atoms. The number of hydrogen-bond acceptors (Lipinski definition) is 17. The number of para-hydroxylation sites is 1. The Labute approximate surface area is 473 Å². The lowest BCUT2D eigenvalue weighted by molar-refractivity contribution is -0.136. The highest BCUT2D eigenvalue weighted by molar-refractivity contribution is 8.77. The van der Waals surface area contributed by atoms with Crippen LogP contribution in [0, 0.1) is 0 Å². The molecule has 3 heterocycles. The van der Waals surface area contributed by atoms with Crippen molar-refractivity contribution in [2.75, 3.05) is 23.8 Å². The number of aliphatic hydroxyl groups is 1. The van der Waals surface area contributed by atoms with E-state index in [0.29, 0.717) is 23.4 Å². The Kier molecular flexibility index (Phi) is 24.2. The number of rotatable bonds is 20. The Morgan fingerprint density at radius 2 is 1.49 bits per heavy atom. The number of primary amides is 1. The summed E-state index contributed by atoms with van der Waals surface area (Å²) in [7, 11) is 4.58. The first-order chi connectivity index (χ1) is 38.0. The van der Waals surface area contributed by atoms with Crippen molar-refractivity contribution in [3.05, 3.63) is 138 Å². The van der Waals surface area contributed by atoms with Gasteiger partial charge in [0, 0.05) is 52.7 Å². The third-order valence-electron chi connectivity index (χ3n) is 12.7. The normalized spacial score (nSPS) is 21.2. The highest BCUT2D eigenvalue weighted by Gasteiger charge is 2.36. The number of pyridine rings is 1. The molecule has 3 aromatic carbocycles. The van der Waals surface area contributed by atoms with Crippen molar-refractivity contribution in [3.8, 4) is 5.75 Å². The summed E-state index contributed by atoms with van der Waals surface area (Å²) in [6.07, 6.45) is 3.03. The van der Waals surface area contributed by atoms with Crippen LogP contribution in [0.2, 0.25) is 0 Å². The maximum absolute atomic E-state index is 14.9. The van der Waals surface area contributed by atoms with E-state index in [1.165, 1.54) is 40.6 Å². The van der Waals surface area contributed by atoms with E-state index >= 15 is 0 Å². The first-order valence-electron chi connectivity index (χ1n) is 25.5. The van der Waals surface area contributed by atoms with Crippen LogP contribution in [0.1, 0.15) is 42.9 Å². The quantitative estimate of drug-likeness (QED) is 0.0391. The van der Waals surface area contributed by atoms with Crippen LogP contribution in [0.5, 0.6) is 5.75 Å². The first kappa shape index (κ1) is 61.5. The molecule has 0 saturated carbocycles. The molecule has 0 radical (unpaired) electrons. The number of carbonyl (C=O) groups is 7. The van der Waals surface area contributed by atoms with Gasteiger partial charge in [0.25, 0.3) is 0 Å². The fraction of sp³-hybridized carbons (Fsp3) is 0.370. The molecular weight excluding hydrogens is 1090 g/mol. The van der Waals surface area contributed by atoms with Crippen LogP contribution in [0.3, 0.4) is 0 Å². The molecule has 21 nitrogen and oxygen atoms in total. The van der Waals surface area contributed by atoms with E-state index < -0.39 is 95.8 Å². The first-order valence-corrected chi connectivity index (χ1v) is 30.3. The summed E-state index contributed by atoms with van der Waals surface area (Å²) in [5.41, 5.74) is 21.2. The average Bonchev–Trinajstić information content (AvgIpc) is 3.86. The molecule has 25 heteroatoms. The smallest absolute Gasteiger partial charge is 0.245 e. The van der Waals surface area contributed by atoms with Gasteiger partial charge < -0.3 is 69.6 Å². The highest BCUT2D eigenvalue weighted by atomic mass is 33.1. The van der Waals surface area contributed by atoms with E-state index in [0.717, 1.165) is 43.6 Å². The molecule has 7 amide bonds. The van der Waals surface area contributed by atoms with E-state index in [4.69, 9.17) is 17.2 Å². The van der Waals surface area contributed by atoms with Gasteiger partial charge in [-0.15, -0.1) is 0 Å². The topological polar surface area (TPSA) is 351 Å². The van der Waals surface area contributed by atoms with Gasteiger partial charge in [0.1, 0.15) is 47.0 Å². The summed E-state index contributed by atoms with van der Waals surface area (Å²) < 4.78 is 0. The molecule has 1 aliphatic heterocycles. The van der Waals surface area contributed by atoms with Crippen molar-refractivity contribution in [2.45, 2.75) is 105 Å². The molecule has 5 aromatic rings. The largest absolute Gasteiger partial charge is 0.508 e. The lowest BCUT2D eigenvalue weighted by Crippen LogP contribution is -2.62. The molecule has 2 aromatic heterocycles. The number of nitrogens with two attached hydrogens (primary N) is 3. The van der Waals surface area contributed by atoms with Crippen LogP contribution in [-0.4, -0.2) is 140 Å². The van der Waals surface area contributed by atoms with Crippen molar-refractivity contribution in [2.24, 2.45) is 17.2 Å². The van der Waals surface area contributed by atoms with E-state index in [1.54, 1.807) is 42.7 Å². The predicted octanol–water partition coefficient (Wildman–Crippen LogP) is 1.84. The molecule has 0 bridgehead atoms. The molecular formula is C54H68N12O9S4. The van der Waals surface area contributed by atoms with Crippen molar-refractivity contribution in [1.82, 2.24) is 47.2 Å². The number of phenolic OH excluding ortho intramolecular Hbond substituents is 1. The summed E-state index contributed by atoms with van der Waals surface area (Å²) in [4.78, 5) is 107. The number of aliphatic hydroxyl groups excluding tert-OH is 1. The number of benzene rings is 3. The number of H-pyrrole nitrogens is 1. The maximum Gasteiger partial charge on any atom is 0.245 e. The number of nitrogens with zero attached hydrogens (tertiary/aromatic N) is 1. The fourth-order valence-electron chi connectivity index (χ4n) is 8.27. The predicted molar refractivity (Wildman–Crippen MR) is 311 cm³/mol. The van der Waals surface area contributed by atoms with Gasteiger partial charge in [-0.3, -0.25) is 33.6 Å². The number of aromatic amines is 1. The lowest BCUT2D eigenvalue weighted by atomic mass is 9.99. The molecule has 16 N–H and O–H groups in total. The fourth-order valence-corrected chi connectivity index (χ4v) is 12.7. The number of phenols is 1. The highest BCUT2D eigenvalue weighted by Crippen LogP contribution is 2.30. The third-order valence-corrected chi connectivity index (χ3v) is 17.4. The van der Waals surface area contributed by atoms with Gasteiger partial charge in [-0.1, -0.05) is 106 Å². The Balaban J connectivity index is 1.37. The van der Waals surface area contributed by atoms with E-state index in [-0.39, 0.29) is 60.9 Å². The molecule has 1 fully saturated rings. The van der Waals surface area contributed by atoms with Crippen molar-refractivity contribution < 1.29 is 43.8 Å². The number of amides is 7. The maximum atomic E-state index is 14.9. The van der Waals surface area contributed by atoms with Crippen LogP contribution in [0.4, 0.5) is 0 Å². The molecule has 6 rings (SSSR count). The van der Waals surface area contributed by atoms with Crippen LogP contribution >= 0.6 is 43.2 Å². The number of hydrogen-bond donors (Lipinski definition) is 13. The van der Waals surface area contributed by atoms with Crippen molar-refractivity contribution in [3.63, 3.8) is 0 Å². The van der Waals surface area contributed by atoms with E-state index in [9.17, 15) is 43.8 Å². The average molecular weight is 1160 g/mol. The SMILES string of the molecule is C=C1N[C@H](Cc2c[nH]c3ccccc23)C(=O)NC(CCCCN)C(=O)NC(C(C)O)C(=O)N[C@H](C(=O)N[C@@H](CSSc2ccccn2)C(N)=O)CSSC[C@H](NC(=O)[C@H](N)Cc2ccccc2)C(=O)N[C@H]1Cc1ccc(O)cc1. The minimum absolute atomic E-state index is 0.00653. The van der Waals surface area contributed by atoms with Gasteiger partial charge in [-0.25, -0.2) is 4.98 Å².